The second-order valence-electron chi connectivity index (χ2n) is 5.70. The fourth-order valence-electron chi connectivity index (χ4n) is 2.52. The van der Waals surface area contributed by atoms with E-state index in [4.69, 9.17) is 9.47 Å². The second kappa shape index (κ2) is 19.2. The van der Waals surface area contributed by atoms with Crippen LogP contribution in [-0.2, 0) is 9.47 Å². The molecule has 0 unspecified atom stereocenters. The second-order valence-corrected chi connectivity index (χ2v) is 6.49. The lowest BCUT2D eigenvalue weighted by Crippen LogP contribution is -2.17. The molecule has 0 aliphatic carbocycles. The molecule has 0 saturated heterocycles. The van der Waals surface area contributed by atoms with Gasteiger partial charge in [0.15, 0.2) is 6.29 Å². The van der Waals surface area contributed by atoms with E-state index in [0.29, 0.717) is 0 Å². The Kier molecular flexibility index (Phi) is 19.3. The van der Waals surface area contributed by atoms with E-state index < -0.39 is 0 Å². The van der Waals surface area contributed by atoms with Crippen LogP contribution in [0.1, 0.15) is 84.5 Å². The highest BCUT2D eigenvalue weighted by Gasteiger charge is 2.06. The molecule has 3 heteroatoms. The summed E-state index contributed by atoms with van der Waals surface area (Å²) in [6, 6.07) is 0. The van der Waals surface area contributed by atoms with Gasteiger partial charge in [0.05, 0.1) is 0 Å². The first-order chi connectivity index (χ1) is 10.8. The van der Waals surface area contributed by atoms with Crippen molar-refractivity contribution >= 4 is 15.9 Å². The van der Waals surface area contributed by atoms with Crippen LogP contribution in [0.2, 0.25) is 0 Å². The zero-order valence-electron chi connectivity index (χ0n) is 14.8. The summed E-state index contributed by atoms with van der Waals surface area (Å²) in [5, 5.41) is 1.08. The lowest BCUT2D eigenvalue weighted by atomic mass is 10.1. The van der Waals surface area contributed by atoms with Gasteiger partial charge in [-0.2, -0.15) is 0 Å². The number of alkyl halides is 1. The maximum absolute atomic E-state index is 5.56. The first-order valence-corrected chi connectivity index (χ1v) is 10.4. The molecular weight excluding hydrogens is 340 g/mol. The molecule has 0 aromatic rings. The molecule has 0 N–H and O–H groups in total. The fourth-order valence-corrected chi connectivity index (χ4v) is 2.78. The van der Waals surface area contributed by atoms with Gasteiger partial charge in [-0.25, -0.2) is 0 Å². The molecule has 0 heterocycles. The quantitative estimate of drug-likeness (QED) is 0.123. The number of halogens is 1. The van der Waals surface area contributed by atoms with E-state index in [1.54, 1.807) is 0 Å². The van der Waals surface area contributed by atoms with Crippen molar-refractivity contribution in [3.63, 3.8) is 0 Å². The summed E-state index contributed by atoms with van der Waals surface area (Å²) in [7, 11) is 0. The molecular formula is C19H37BrO2. The molecule has 2 nitrogen and oxygen atoms in total. The highest BCUT2D eigenvalue weighted by Crippen LogP contribution is 2.13. The van der Waals surface area contributed by atoms with Crippen molar-refractivity contribution in [1.82, 2.24) is 0 Å². The number of unbranched alkanes of at least 4 members (excludes halogenated alkanes) is 8. The van der Waals surface area contributed by atoms with Crippen LogP contribution in [0.25, 0.3) is 0 Å². The van der Waals surface area contributed by atoms with Gasteiger partial charge in [0.25, 0.3) is 0 Å². The minimum Gasteiger partial charge on any atom is -0.353 e. The Morgan fingerprint density at radius 3 is 1.77 bits per heavy atom. The van der Waals surface area contributed by atoms with E-state index >= 15 is 0 Å². The van der Waals surface area contributed by atoms with Gasteiger partial charge in [-0.05, 0) is 46.0 Å². The van der Waals surface area contributed by atoms with Crippen molar-refractivity contribution in [2.45, 2.75) is 90.8 Å². The Labute approximate surface area is 147 Å². The Morgan fingerprint density at radius 1 is 0.727 bits per heavy atom. The van der Waals surface area contributed by atoms with Crippen molar-refractivity contribution in [1.29, 1.82) is 0 Å². The molecule has 0 aromatic heterocycles. The molecule has 22 heavy (non-hydrogen) atoms. The molecule has 0 spiro atoms. The standard InChI is InChI=1S/C19H37BrO2/c1-3-21-19(22-4-2)17-15-13-11-9-7-5-6-8-10-12-14-16-18-20/h12,14,19H,3-11,13,15-18H2,1-2H3/b14-12+. The van der Waals surface area contributed by atoms with E-state index in [9.17, 15) is 0 Å². The minimum absolute atomic E-state index is 0.0209. The number of hydrogen-bond donors (Lipinski definition) is 0. The number of allylic oxidation sites excluding steroid dienone is 2. The Bertz CT molecular complexity index is 225. The predicted molar refractivity (Wildman–Crippen MR) is 101 cm³/mol. The summed E-state index contributed by atoms with van der Waals surface area (Å²) in [6.45, 7) is 5.55. The van der Waals surface area contributed by atoms with Crippen LogP contribution in [0.4, 0.5) is 0 Å². The average Bonchev–Trinajstić information content (AvgIpc) is 2.52. The van der Waals surface area contributed by atoms with Gasteiger partial charge >= 0.3 is 0 Å². The van der Waals surface area contributed by atoms with Crippen LogP contribution in [0, 0.1) is 0 Å². The molecule has 0 fully saturated rings. The molecule has 132 valence electrons. The Hall–Kier alpha value is 0.140. The SMILES string of the molecule is CCOC(CCCCCCCCCC/C=C/CCBr)OCC. The van der Waals surface area contributed by atoms with Crippen LogP contribution >= 0.6 is 15.9 Å². The number of ether oxygens (including phenoxy) is 2. The summed E-state index contributed by atoms with van der Waals surface area (Å²) in [5.41, 5.74) is 0. The third-order valence-electron chi connectivity index (χ3n) is 3.71. The van der Waals surface area contributed by atoms with E-state index in [1.807, 2.05) is 13.8 Å². The minimum atomic E-state index is 0.0209. The van der Waals surface area contributed by atoms with Crippen LogP contribution in [0.3, 0.4) is 0 Å². The van der Waals surface area contributed by atoms with E-state index in [2.05, 4.69) is 28.1 Å². The van der Waals surface area contributed by atoms with Gasteiger partial charge < -0.3 is 9.47 Å². The van der Waals surface area contributed by atoms with Crippen molar-refractivity contribution in [2.75, 3.05) is 18.5 Å². The van der Waals surface area contributed by atoms with Gasteiger partial charge in [-0.3, -0.25) is 0 Å². The molecule has 0 aromatic carbocycles. The largest absolute Gasteiger partial charge is 0.353 e. The van der Waals surface area contributed by atoms with Gasteiger partial charge in [-0.15, -0.1) is 0 Å². The van der Waals surface area contributed by atoms with Crippen molar-refractivity contribution in [3.05, 3.63) is 12.2 Å². The lowest BCUT2D eigenvalue weighted by Gasteiger charge is -2.16. The summed E-state index contributed by atoms with van der Waals surface area (Å²) in [4.78, 5) is 0. The predicted octanol–water partition coefficient (Wildman–Crippen LogP) is 6.63. The maximum Gasteiger partial charge on any atom is 0.157 e. The summed E-state index contributed by atoms with van der Waals surface area (Å²) in [6.07, 6.45) is 18.9. The summed E-state index contributed by atoms with van der Waals surface area (Å²) >= 11 is 3.44. The average molecular weight is 377 g/mol. The normalized spacial score (nSPS) is 11.8. The molecule has 0 bridgehead atoms. The number of rotatable bonds is 17. The van der Waals surface area contributed by atoms with Gasteiger partial charge in [-0.1, -0.05) is 66.6 Å². The maximum atomic E-state index is 5.56. The van der Waals surface area contributed by atoms with Gasteiger partial charge in [0.2, 0.25) is 0 Å². The fraction of sp³-hybridized carbons (Fsp3) is 0.895. The van der Waals surface area contributed by atoms with Crippen LogP contribution < -0.4 is 0 Å². The third kappa shape index (κ3) is 16.5. The van der Waals surface area contributed by atoms with Crippen molar-refractivity contribution in [3.8, 4) is 0 Å². The molecule has 0 aliphatic heterocycles. The van der Waals surface area contributed by atoms with Crippen molar-refractivity contribution in [2.24, 2.45) is 0 Å². The van der Waals surface area contributed by atoms with Gasteiger partial charge in [0, 0.05) is 18.5 Å². The Morgan fingerprint density at radius 2 is 1.23 bits per heavy atom. The monoisotopic (exact) mass is 376 g/mol. The highest BCUT2D eigenvalue weighted by atomic mass is 79.9. The zero-order valence-corrected chi connectivity index (χ0v) is 16.4. The molecule has 0 atom stereocenters. The third-order valence-corrected chi connectivity index (χ3v) is 4.17. The van der Waals surface area contributed by atoms with Crippen LogP contribution in [-0.4, -0.2) is 24.8 Å². The molecule has 0 rings (SSSR count). The van der Waals surface area contributed by atoms with E-state index in [1.165, 1.54) is 57.8 Å². The summed E-state index contributed by atoms with van der Waals surface area (Å²) in [5.74, 6) is 0. The van der Waals surface area contributed by atoms with Crippen LogP contribution in [0.15, 0.2) is 12.2 Å². The van der Waals surface area contributed by atoms with Crippen LogP contribution in [0.5, 0.6) is 0 Å². The highest BCUT2D eigenvalue weighted by molar-refractivity contribution is 9.09. The molecule has 0 radical (unpaired) electrons. The molecule has 0 aliphatic rings. The summed E-state index contributed by atoms with van der Waals surface area (Å²) < 4.78 is 11.1. The first kappa shape index (κ1) is 22.1. The zero-order chi connectivity index (χ0) is 16.3. The lowest BCUT2D eigenvalue weighted by molar-refractivity contribution is -0.140. The van der Waals surface area contributed by atoms with Crippen molar-refractivity contribution < 1.29 is 9.47 Å². The Balaban J connectivity index is 3.22. The first-order valence-electron chi connectivity index (χ1n) is 9.29. The van der Waals surface area contributed by atoms with E-state index in [-0.39, 0.29) is 6.29 Å². The topological polar surface area (TPSA) is 18.5 Å². The van der Waals surface area contributed by atoms with E-state index in [0.717, 1.165) is 31.4 Å². The smallest absolute Gasteiger partial charge is 0.157 e. The molecule has 0 saturated carbocycles. The van der Waals surface area contributed by atoms with Gasteiger partial charge in [0.1, 0.15) is 0 Å². The molecule has 0 amide bonds. The number of hydrogen-bond acceptors (Lipinski definition) is 2.